The van der Waals surface area contributed by atoms with Gasteiger partial charge in [-0.25, -0.2) is 9.78 Å². The van der Waals surface area contributed by atoms with Crippen LogP contribution in [-0.2, 0) is 12.8 Å². The summed E-state index contributed by atoms with van der Waals surface area (Å²) in [6.07, 6.45) is 4.30. The van der Waals surface area contributed by atoms with Gasteiger partial charge in [0.25, 0.3) is 0 Å². The average Bonchev–Trinajstić information content (AvgIpc) is 2.52. The van der Waals surface area contributed by atoms with Gasteiger partial charge in [-0.15, -0.1) is 0 Å². The Morgan fingerprint density at radius 3 is 2.39 bits per heavy atom. The molecule has 0 bridgehead atoms. The van der Waals surface area contributed by atoms with Crippen LogP contribution in [0.4, 0.5) is 0 Å². The smallest absolute Gasteiger partial charge is 0.354 e. The van der Waals surface area contributed by atoms with Gasteiger partial charge in [0.05, 0.1) is 5.69 Å². The van der Waals surface area contributed by atoms with Crippen LogP contribution in [0.5, 0.6) is 0 Å². The van der Waals surface area contributed by atoms with Crippen molar-refractivity contribution in [2.75, 3.05) is 0 Å². The summed E-state index contributed by atoms with van der Waals surface area (Å²) < 4.78 is 0. The first-order chi connectivity index (χ1) is 11.0. The zero-order chi connectivity index (χ0) is 16.8. The van der Waals surface area contributed by atoms with Crippen LogP contribution in [0, 0.1) is 5.92 Å². The standard InChI is InChI=1S/C20H25NO2/c1-4-5-6-15-7-9-17(10-8-15)18-12-16(11-14(2)3)13-19(21-18)20(22)23/h7-10,12-14H,4-6,11H2,1-3H3,(H,22,23). The predicted octanol–water partition coefficient (Wildman–Crippen LogP) is 4.99. The van der Waals surface area contributed by atoms with Crippen molar-refractivity contribution < 1.29 is 9.90 Å². The molecule has 2 rings (SSSR count). The van der Waals surface area contributed by atoms with Gasteiger partial charge in [0.15, 0.2) is 0 Å². The molecule has 122 valence electrons. The Kier molecular flexibility index (Phi) is 5.91. The lowest BCUT2D eigenvalue weighted by molar-refractivity contribution is 0.0690. The van der Waals surface area contributed by atoms with Crippen LogP contribution in [-0.4, -0.2) is 16.1 Å². The first kappa shape index (κ1) is 17.2. The molecule has 3 heteroatoms. The van der Waals surface area contributed by atoms with E-state index in [4.69, 9.17) is 0 Å². The van der Waals surface area contributed by atoms with Crippen LogP contribution in [0.25, 0.3) is 11.3 Å². The molecule has 0 aliphatic carbocycles. The molecule has 1 aromatic heterocycles. The molecular weight excluding hydrogens is 286 g/mol. The Morgan fingerprint density at radius 1 is 1.13 bits per heavy atom. The lowest BCUT2D eigenvalue weighted by atomic mass is 9.99. The highest BCUT2D eigenvalue weighted by Gasteiger charge is 2.11. The average molecular weight is 311 g/mol. The van der Waals surface area contributed by atoms with Crippen LogP contribution >= 0.6 is 0 Å². The summed E-state index contributed by atoms with van der Waals surface area (Å²) in [5.41, 5.74) is 4.17. The summed E-state index contributed by atoms with van der Waals surface area (Å²) >= 11 is 0. The molecule has 0 fully saturated rings. The van der Waals surface area contributed by atoms with Crippen LogP contribution in [0.3, 0.4) is 0 Å². The van der Waals surface area contributed by atoms with Gasteiger partial charge in [0.2, 0.25) is 0 Å². The molecule has 2 aromatic rings. The molecule has 0 saturated carbocycles. The monoisotopic (exact) mass is 311 g/mol. The second-order valence-electron chi connectivity index (χ2n) is 6.45. The van der Waals surface area contributed by atoms with E-state index < -0.39 is 5.97 Å². The van der Waals surface area contributed by atoms with E-state index in [-0.39, 0.29) is 5.69 Å². The SMILES string of the molecule is CCCCc1ccc(-c2cc(CC(C)C)cc(C(=O)O)n2)cc1. The third-order valence-electron chi connectivity index (χ3n) is 3.82. The lowest BCUT2D eigenvalue weighted by Crippen LogP contribution is -2.05. The number of carbonyl (C=O) groups is 1. The second kappa shape index (κ2) is 7.91. The van der Waals surface area contributed by atoms with Crippen molar-refractivity contribution in [3.05, 3.63) is 53.2 Å². The number of unbranched alkanes of at least 4 members (excludes halogenated alkanes) is 1. The van der Waals surface area contributed by atoms with E-state index in [1.54, 1.807) is 6.07 Å². The number of hydrogen-bond donors (Lipinski definition) is 1. The fourth-order valence-corrected chi connectivity index (χ4v) is 2.66. The highest BCUT2D eigenvalue weighted by Crippen LogP contribution is 2.22. The topological polar surface area (TPSA) is 50.2 Å². The van der Waals surface area contributed by atoms with Crippen LogP contribution < -0.4 is 0 Å². The molecule has 0 atom stereocenters. The van der Waals surface area contributed by atoms with Gasteiger partial charge in [0, 0.05) is 5.56 Å². The van der Waals surface area contributed by atoms with Crippen LogP contribution in [0.2, 0.25) is 0 Å². The van der Waals surface area contributed by atoms with E-state index >= 15 is 0 Å². The van der Waals surface area contributed by atoms with Gasteiger partial charge in [-0.2, -0.15) is 0 Å². The van der Waals surface area contributed by atoms with Crippen molar-refractivity contribution in [2.45, 2.75) is 46.5 Å². The number of aromatic nitrogens is 1. The van der Waals surface area contributed by atoms with Crippen molar-refractivity contribution >= 4 is 5.97 Å². The molecule has 1 heterocycles. The number of aryl methyl sites for hydroxylation is 1. The van der Waals surface area contributed by atoms with Gasteiger partial charge in [-0.1, -0.05) is 51.5 Å². The summed E-state index contributed by atoms with van der Waals surface area (Å²) in [6.45, 7) is 6.44. The molecule has 1 N–H and O–H groups in total. The molecule has 0 radical (unpaired) electrons. The number of aromatic carboxylic acids is 1. The maximum absolute atomic E-state index is 11.3. The zero-order valence-electron chi connectivity index (χ0n) is 14.2. The number of carboxylic acids is 1. The molecule has 3 nitrogen and oxygen atoms in total. The summed E-state index contributed by atoms with van der Waals surface area (Å²) in [7, 11) is 0. The molecule has 0 saturated heterocycles. The first-order valence-corrected chi connectivity index (χ1v) is 8.33. The van der Waals surface area contributed by atoms with Gasteiger partial charge < -0.3 is 5.11 Å². The van der Waals surface area contributed by atoms with E-state index in [2.05, 4.69) is 37.9 Å². The maximum Gasteiger partial charge on any atom is 0.354 e. The Morgan fingerprint density at radius 2 is 1.83 bits per heavy atom. The highest BCUT2D eigenvalue weighted by molar-refractivity contribution is 5.86. The largest absolute Gasteiger partial charge is 0.477 e. The molecule has 0 aliphatic rings. The minimum absolute atomic E-state index is 0.119. The second-order valence-corrected chi connectivity index (χ2v) is 6.45. The predicted molar refractivity (Wildman–Crippen MR) is 93.8 cm³/mol. The fraction of sp³-hybridized carbons (Fsp3) is 0.400. The Hall–Kier alpha value is -2.16. The number of benzene rings is 1. The Bertz CT molecular complexity index is 660. The summed E-state index contributed by atoms with van der Waals surface area (Å²) in [5.74, 6) is -0.500. The molecule has 0 amide bonds. The van der Waals surface area contributed by atoms with Crippen molar-refractivity contribution in [3.63, 3.8) is 0 Å². The van der Waals surface area contributed by atoms with E-state index in [0.29, 0.717) is 5.92 Å². The van der Waals surface area contributed by atoms with Gasteiger partial charge in [-0.05, 0) is 48.4 Å². The minimum atomic E-state index is -0.976. The van der Waals surface area contributed by atoms with Crippen molar-refractivity contribution in [1.82, 2.24) is 4.98 Å². The van der Waals surface area contributed by atoms with Gasteiger partial charge in [0.1, 0.15) is 5.69 Å². The number of rotatable bonds is 7. The quantitative estimate of drug-likeness (QED) is 0.784. The molecule has 23 heavy (non-hydrogen) atoms. The molecule has 0 unspecified atom stereocenters. The summed E-state index contributed by atoms with van der Waals surface area (Å²) in [4.78, 5) is 15.6. The Labute approximate surface area is 138 Å². The van der Waals surface area contributed by atoms with Crippen LogP contribution in [0.1, 0.15) is 55.2 Å². The number of nitrogens with zero attached hydrogens (tertiary/aromatic N) is 1. The minimum Gasteiger partial charge on any atom is -0.477 e. The van der Waals surface area contributed by atoms with Crippen molar-refractivity contribution in [2.24, 2.45) is 5.92 Å². The molecule has 0 spiro atoms. The number of carboxylic acid groups (broad SMARTS) is 1. The van der Waals surface area contributed by atoms with E-state index in [1.807, 2.05) is 18.2 Å². The summed E-state index contributed by atoms with van der Waals surface area (Å²) in [6, 6.07) is 12.0. The third-order valence-corrected chi connectivity index (χ3v) is 3.82. The number of hydrogen-bond acceptors (Lipinski definition) is 2. The van der Waals surface area contributed by atoms with Crippen molar-refractivity contribution in [3.8, 4) is 11.3 Å². The van der Waals surface area contributed by atoms with E-state index in [9.17, 15) is 9.90 Å². The lowest BCUT2D eigenvalue weighted by Gasteiger charge is -2.10. The van der Waals surface area contributed by atoms with Gasteiger partial charge in [-0.3, -0.25) is 0 Å². The molecular formula is C20H25NO2. The fourth-order valence-electron chi connectivity index (χ4n) is 2.66. The highest BCUT2D eigenvalue weighted by atomic mass is 16.4. The molecule has 1 aromatic carbocycles. The van der Waals surface area contributed by atoms with E-state index in [0.717, 1.165) is 29.7 Å². The van der Waals surface area contributed by atoms with E-state index in [1.165, 1.54) is 18.4 Å². The van der Waals surface area contributed by atoms with Gasteiger partial charge >= 0.3 is 5.97 Å². The molecule has 0 aliphatic heterocycles. The third kappa shape index (κ3) is 4.92. The zero-order valence-corrected chi connectivity index (χ0v) is 14.2. The Balaban J connectivity index is 2.33. The first-order valence-electron chi connectivity index (χ1n) is 8.33. The number of pyridine rings is 1. The maximum atomic E-state index is 11.3. The van der Waals surface area contributed by atoms with Crippen LogP contribution in [0.15, 0.2) is 36.4 Å². The summed E-state index contributed by atoms with van der Waals surface area (Å²) in [5, 5.41) is 9.29. The normalized spacial score (nSPS) is 11.0. The van der Waals surface area contributed by atoms with Crippen molar-refractivity contribution in [1.29, 1.82) is 0 Å².